The molecule has 0 bridgehead atoms. The zero-order valence-electron chi connectivity index (χ0n) is 21.4. The lowest BCUT2D eigenvalue weighted by atomic mass is 10.00. The second-order valence-electron chi connectivity index (χ2n) is 9.55. The zero-order chi connectivity index (χ0) is 25.1. The summed E-state index contributed by atoms with van der Waals surface area (Å²) in [7, 11) is 0. The van der Waals surface area contributed by atoms with E-state index in [9.17, 15) is 4.79 Å². The van der Waals surface area contributed by atoms with Gasteiger partial charge in [0, 0.05) is 31.1 Å². The molecule has 0 amide bonds. The Bertz CT molecular complexity index is 1270. The summed E-state index contributed by atoms with van der Waals surface area (Å²) < 4.78 is 14.0. The molecule has 1 atom stereocenters. The van der Waals surface area contributed by atoms with Crippen LogP contribution in [0.5, 0.6) is 11.5 Å². The third kappa shape index (κ3) is 4.82. The van der Waals surface area contributed by atoms with Gasteiger partial charge in [-0.2, -0.15) is 0 Å². The molecule has 0 spiro atoms. The molecule has 8 nitrogen and oxygen atoms in total. The zero-order valence-corrected chi connectivity index (χ0v) is 21.4. The van der Waals surface area contributed by atoms with Gasteiger partial charge in [0.1, 0.15) is 18.1 Å². The summed E-state index contributed by atoms with van der Waals surface area (Å²) in [4.78, 5) is 16.0. The summed E-state index contributed by atoms with van der Waals surface area (Å²) in [5, 5.41) is 12.4. The van der Waals surface area contributed by atoms with E-state index >= 15 is 0 Å². The molecular weight excluding hydrogens is 454 g/mol. The number of likely N-dealkylation sites (tertiary alicyclic amines) is 1. The summed E-state index contributed by atoms with van der Waals surface area (Å²) in [5.41, 5.74) is 3.70. The number of aromatic nitrogens is 3. The van der Waals surface area contributed by atoms with Crippen molar-refractivity contribution in [2.45, 2.75) is 59.2 Å². The van der Waals surface area contributed by atoms with Gasteiger partial charge >= 0.3 is 0 Å². The number of rotatable bonds is 8. The van der Waals surface area contributed by atoms with Crippen molar-refractivity contribution in [2.24, 2.45) is 0 Å². The molecule has 1 N–H and O–H groups in total. The molecule has 0 aliphatic carbocycles. The Morgan fingerprint density at radius 2 is 2.00 bits per heavy atom. The first-order chi connectivity index (χ1) is 17.6. The minimum Gasteiger partial charge on any atom is -0.493 e. The first-order valence-corrected chi connectivity index (χ1v) is 13.0. The number of anilines is 1. The second kappa shape index (κ2) is 10.7. The van der Waals surface area contributed by atoms with Crippen LogP contribution in [0.3, 0.4) is 0 Å². The van der Waals surface area contributed by atoms with Gasteiger partial charge < -0.3 is 19.7 Å². The smallest absolute Gasteiger partial charge is 0.296 e. The second-order valence-corrected chi connectivity index (χ2v) is 9.55. The highest BCUT2D eigenvalue weighted by atomic mass is 16.5. The summed E-state index contributed by atoms with van der Waals surface area (Å²) in [6.07, 6.45) is 2.89. The molecule has 1 fully saturated rings. The van der Waals surface area contributed by atoms with Crippen LogP contribution in [0.25, 0.3) is 11.4 Å². The fraction of sp³-hybridized carbons (Fsp3) is 0.464. The van der Waals surface area contributed by atoms with E-state index in [4.69, 9.17) is 9.47 Å². The lowest BCUT2D eigenvalue weighted by Gasteiger charge is -2.32. The lowest BCUT2D eigenvalue weighted by molar-refractivity contribution is 0.226. The van der Waals surface area contributed by atoms with Gasteiger partial charge in [0.15, 0.2) is 5.82 Å². The molecule has 3 aromatic rings. The SMILES string of the molecule is CCN1CCC[C@@H](Nc2nnc(-c3c(C)cc4c(c3OCc3ccccc3)CCO4)n(CC)c2=O)C1. The van der Waals surface area contributed by atoms with Crippen molar-refractivity contribution >= 4 is 5.82 Å². The van der Waals surface area contributed by atoms with Crippen molar-refractivity contribution in [1.82, 2.24) is 19.7 Å². The standard InChI is InChI=1S/C28H35N5O3/c1-4-32-14-9-12-21(17-32)29-26-28(34)33(5-2)27(31-30-26)24-19(3)16-23-22(13-15-35-23)25(24)36-18-20-10-7-6-8-11-20/h6-8,10-11,16,21H,4-5,9,12-15,17-18H2,1-3H3,(H,29,30)/t21-/m1/s1. The van der Waals surface area contributed by atoms with Crippen LogP contribution in [0.15, 0.2) is 41.2 Å². The number of ether oxygens (including phenoxy) is 2. The molecule has 190 valence electrons. The first-order valence-electron chi connectivity index (χ1n) is 13.0. The highest BCUT2D eigenvalue weighted by Crippen LogP contribution is 2.43. The average molecular weight is 490 g/mol. The van der Waals surface area contributed by atoms with Gasteiger partial charge in [0.2, 0.25) is 5.82 Å². The van der Waals surface area contributed by atoms with Crippen LogP contribution in [-0.2, 0) is 19.6 Å². The molecule has 5 rings (SSSR count). The number of nitrogens with one attached hydrogen (secondary N) is 1. The molecule has 1 aromatic heterocycles. The van der Waals surface area contributed by atoms with E-state index in [0.717, 1.165) is 72.6 Å². The number of likely N-dealkylation sites (N-methyl/N-ethyl adjacent to an activating group) is 1. The third-order valence-corrected chi connectivity index (χ3v) is 7.16. The Kier molecular flexibility index (Phi) is 7.23. The van der Waals surface area contributed by atoms with Crippen LogP contribution in [-0.4, -0.2) is 51.9 Å². The van der Waals surface area contributed by atoms with E-state index < -0.39 is 0 Å². The third-order valence-electron chi connectivity index (χ3n) is 7.16. The van der Waals surface area contributed by atoms with E-state index in [-0.39, 0.29) is 11.6 Å². The van der Waals surface area contributed by atoms with Crippen LogP contribution < -0.4 is 20.3 Å². The van der Waals surface area contributed by atoms with Gasteiger partial charge in [-0.25, -0.2) is 0 Å². The monoisotopic (exact) mass is 489 g/mol. The maximum atomic E-state index is 13.6. The number of nitrogens with zero attached hydrogens (tertiary/aromatic N) is 4. The predicted molar refractivity (Wildman–Crippen MR) is 141 cm³/mol. The van der Waals surface area contributed by atoms with E-state index in [0.29, 0.717) is 31.4 Å². The average Bonchev–Trinajstić information content (AvgIpc) is 3.37. The Morgan fingerprint density at radius 3 is 2.78 bits per heavy atom. The van der Waals surface area contributed by atoms with Crippen molar-refractivity contribution in [3.63, 3.8) is 0 Å². The van der Waals surface area contributed by atoms with Crippen molar-refractivity contribution in [2.75, 3.05) is 31.6 Å². The number of piperidine rings is 1. The number of hydrogen-bond donors (Lipinski definition) is 1. The molecule has 2 aliphatic heterocycles. The number of benzene rings is 2. The van der Waals surface area contributed by atoms with Crippen molar-refractivity contribution in [1.29, 1.82) is 0 Å². The summed E-state index contributed by atoms with van der Waals surface area (Å²) >= 11 is 0. The van der Waals surface area contributed by atoms with Crippen LogP contribution in [0.4, 0.5) is 5.82 Å². The van der Waals surface area contributed by atoms with E-state index in [2.05, 4.69) is 27.3 Å². The number of aryl methyl sites for hydroxylation is 1. The van der Waals surface area contributed by atoms with E-state index in [1.54, 1.807) is 4.57 Å². The Balaban J connectivity index is 1.52. The van der Waals surface area contributed by atoms with Gasteiger partial charge in [-0.15, -0.1) is 10.2 Å². The Labute approximate surface area is 212 Å². The summed E-state index contributed by atoms with van der Waals surface area (Å²) in [6, 6.07) is 12.3. The van der Waals surface area contributed by atoms with Crippen molar-refractivity contribution in [3.05, 3.63) is 63.4 Å². The molecule has 3 heterocycles. The van der Waals surface area contributed by atoms with E-state index in [1.165, 1.54) is 0 Å². The fourth-order valence-electron chi connectivity index (χ4n) is 5.23. The fourth-order valence-corrected chi connectivity index (χ4v) is 5.23. The number of hydrogen-bond acceptors (Lipinski definition) is 7. The van der Waals surface area contributed by atoms with Gasteiger partial charge in [-0.1, -0.05) is 37.3 Å². The molecule has 2 aromatic carbocycles. The first kappa shape index (κ1) is 24.3. The topological polar surface area (TPSA) is 81.5 Å². The van der Waals surface area contributed by atoms with E-state index in [1.807, 2.05) is 50.2 Å². The molecule has 1 saturated heterocycles. The quantitative estimate of drug-likeness (QED) is 0.511. The highest BCUT2D eigenvalue weighted by Gasteiger charge is 2.27. The van der Waals surface area contributed by atoms with Crippen molar-refractivity contribution < 1.29 is 9.47 Å². The van der Waals surface area contributed by atoms with Crippen LogP contribution in [0.2, 0.25) is 0 Å². The van der Waals surface area contributed by atoms with Crippen LogP contribution >= 0.6 is 0 Å². The van der Waals surface area contributed by atoms with Gasteiger partial charge in [-0.3, -0.25) is 9.36 Å². The van der Waals surface area contributed by atoms with Crippen molar-refractivity contribution in [3.8, 4) is 22.9 Å². The maximum Gasteiger partial charge on any atom is 0.296 e. The van der Waals surface area contributed by atoms with Crippen LogP contribution in [0, 0.1) is 6.92 Å². The molecule has 8 heteroatoms. The molecule has 2 aliphatic rings. The maximum absolute atomic E-state index is 13.6. The number of fused-ring (bicyclic) bond motifs is 1. The minimum absolute atomic E-state index is 0.152. The Morgan fingerprint density at radius 1 is 1.17 bits per heavy atom. The lowest BCUT2D eigenvalue weighted by Crippen LogP contribution is -2.43. The normalized spacial score (nSPS) is 17.5. The molecule has 36 heavy (non-hydrogen) atoms. The molecular formula is C28H35N5O3. The molecule has 0 unspecified atom stereocenters. The van der Waals surface area contributed by atoms with Gasteiger partial charge in [0.25, 0.3) is 5.56 Å². The minimum atomic E-state index is -0.152. The van der Waals surface area contributed by atoms with Crippen LogP contribution in [0.1, 0.15) is 43.4 Å². The van der Waals surface area contributed by atoms with Gasteiger partial charge in [0.05, 0.1) is 12.2 Å². The van der Waals surface area contributed by atoms with Gasteiger partial charge in [-0.05, 0) is 57.0 Å². The summed E-state index contributed by atoms with van der Waals surface area (Å²) in [5.74, 6) is 2.42. The predicted octanol–water partition coefficient (Wildman–Crippen LogP) is 4.04. The largest absolute Gasteiger partial charge is 0.493 e. The summed E-state index contributed by atoms with van der Waals surface area (Å²) in [6.45, 7) is 10.7. The molecule has 0 saturated carbocycles. The highest BCUT2D eigenvalue weighted by molar-refractivity contribution is 5.74. The Hall–Kier alpha value is -3.39. The molecule has 0 radical (unpaired) electrons.